The van der Waals surface area contributed by atoms with Crippen molar-refractivity contribution in [3.8, 4) is 0 Å². The maximum atomic E-state index is 11.6. The molecule has 0 amide bonds. The molecule has 5 heteroatoms. The fourth-order valence-electron chi connectivity index (χ4n) is 1.33. The maximum Gasteiger partial charge on any atom is 0.148 e. The second kappa shape index (κ2) is 5.56. The van der Waals surface area contributed by atoms with Gasteiger partial charge in [0.05, 0.1) is 28.6 Å². The van der Waals surface area contributed by atoms with Crippen LogP contribution in [0.2, 0.25) is 5.02 Å². The Balaban J connectivity index is 2.68. The first-order chi connectivity index (χ1) is 7.06. The average Bonchev–Trinajstić information content (AvgIpc) is 2.42. The molecule has 1 heterocycles. The molecular formula is C10H15ClN2OS. The zero-order valence-electron chi connectivity index (χ0n) is 9.21. The maximum absolute atomic E-state index is 11.6. The van der Waals surface area contributed by atoms with Gasteiger partial charge in [0.2, 0.25) is 0 Å². The molecular weight excluding hydrogens is 232 g/mol. The number of rotatable bonds is 5. The van der Waals surface area contributed by atoms with E-state index in [0.29, 0.717) is 17.2 Å². The monoisotopic (exact) mass is 246 g/mol. The van der Waals surface area contributed by atoms with Crippen molar-refractivity contribution >= 4 is 29.1 Å². The highest BCUT2D eigenvalue weighted by Crippen LogP contribution is 2.20. The van der Waals surface area contributed by atoms with Crippen LogP contribution >= 0.6 is 23.4 Å². The number of ketones is 1. The molecule has 0 saturated carbocycles. The Morgan fingerprint density at radius 2 is 2.27 bits per heavy atom. The highest BCUT2D eigenvalue weighted by Gasteiger charge is 2.14. The highest BCUT2D eigenvalue weighted by atomic mass is 35.5. The molecule has 84 valence electrons. The molecule has 0 aromatic carbocycles. The van der Waals surface area contributed by atoms with E-state index < -0.39 is 0 Å². The van der Waals surface area contributed by atoms with Crippen LogP contribution in [0.3, 0.4) is 0 Å². The lowest BCUT2D eigenvalue weighted by Crippen LogP contribution is -2.10. The van der Waals surface area contributed by atoms with Crippen LogP contribution in [0.1, 0.15) is 18.3 Å². The summed E-state index contributed by atoms with van der Waals surface area (Å²) in [5, 5.41) is 4.79. The van der Waals surface area contributed by atoms with E-state index in [1.54, 1.807) is 16.4 Å². The molecule has 0 saturated heterocycles. The van der Waals surface area contributed by atoms with Gasteiger partial charge in [-0.15, -0.1) is 0 Å². The smallest absolute Gasteiger partial charge is 0.148 e. The lowest BCUT2D eigenvalue weighted by molar-refractivity contribution is -0.116. The summed E-state index contributed by atoms with van der Waals surface area (Å²) >= 11 is 7.68. The Bertz CT molecular complexity index is 363. The quantitative estimate of drug-likeness (QED) is 0.799. The molecule has 1 rings (SSSR count). The first-order valence-corrected chi connectivity index (χ1v) is 6.37. The van der Waals surface area contributed by atoms with Crippen LogP contribution in [0.4, 0.5) is 0 Å². The van der Waals surface area contributed by atoms with E-state index in [4.69, 9.17) is 11.6 Å². The van der Waals surface area contributed by atoms with E-state index in [1.807, 2.05) is 20.9 Å². The van der Waals surface area contributed by atoms with E-state index in [9.17, 15) is 4.79 Å². The lowest BCUT2D eigenvalue weighted by Gasteiger charge is -2.01. The number of hydrogen-bond acceptors (Lipinski definition) is 3. The van der Waals surface area contributed by atoms with E-state index in [2.05, 4.69) is 5.10 Å². The predicted octanol–water partition coefficient (Wildman–Crippen LogP) is 2.25. The second-order valence-electron chi connectivity index (χ2n) is 3.32. The van der Waals surface area contributed by atoms with Gasteiger partial charge in [-0.2, -0.15) is 16.9 Å². The average molecular weight is 247 g/mol. The van der Waals surface area contributed by atoms with Gasteiger partial charge < -0.3 is 0 Å². The molecule has 0 N–H and O–H groups in total. The molecule has 3 nitrogen and oxygen atoms in total. The van der Waals surface area contributed by atoms with Crippen LogP contribution < -0.4 is 0 Å². The van der Waals surface area contributed by atoms with Crippen molar-refractivity contribution in [3.63, 3.8) is 0 Å². The van der Waals surface area contributed by atoms with E-state index in [-0.39, 0.29) is 5.78 Å². The van der Waals surface area contributed by atoms with Crippen LogP contribution in [0.25, 0.3) is 0 Å². The van der Waals surface area contributed by atoms with Crippen LogP contribution in [-0.2, 0) is 18.3 Å². The first kappa shape index (κ1) is 12.6. The number of aryl methyl sites for hydroxylation is 2. The van der Waals surface area contributed by atoms with Crippen molar-refractivity contribution in [3.05, 3.63) is 16.4 Å². The summed E-state index contributed by atoms with van der Waals surface area (Å²) in [6, 6.07) is 0. The molecule has 0 unspecified atom stereocenters. The number of thioether (sulfide) groups is 1. The Kier molecular flexibility index (Phi) is 4.67. The van der Waals surface area contributed by atoms with E-state index in [0.717, 1.165) is 17.1 Å². The van der Waals surface area contributed by atoms with Gasteiger partial charge >= 0.3 is 0 Å². The fourth-order valence-corrected chi connectivity index (χ4v) is 2.09. The number of carbonyl (C=O) groups excluding carboxylic acids is 1. The van der Waals surface area contributed by atoms with Crippen LogP contribution in [0.5, 0.6) is 0 Å². The Hall–Kier alpha value is -0.480. The van der Waals surface area contributed by atoms with E-state index >= 15 is 0 Å². The van der Waals surface area contributed by atoms with Gasteiger partial charge in [0, 0.05) is 7.05 Å². The fraction of sp³-hybridized carbons (Fsp3) is 0.600. The number of nitrogens with zero attached hydrogens (tertiary/aromatic N) is 2. The van der Waals surface area contributed by atoms with Gasteiger partial charge in [-0.3, -0.25) is 9.48 Å². The molecule has 0 radical (unpaired) electrons. The summed E-state index contributed by atoms with van der Waals surface area (Å²) < 4.78 is 1.69. The minimum absolute atomic E-state index is 0.201. The number of hydrogen-bond donors (Lipinski definition) is 0. The van der Waals surface area contributed by atoms with Crippen LogP contribution in [0, 0.1) is 6.92 Å². The summed E-state index contributed by atoms with van der Waals surface area (Å²) in [7, 11) is 1.81. The highest BCUT2D eigenvalue weighted by molar-refractivity contribution is 7.99. The van der Waals surface area contributed by atoms with Gasteiger partial charge in [0.25, 0.3) is 0 Å². The summed E-state index contributed by atoms with van der Waals surface area (Å²) in [6.45, 7) is 3.89. The number of aromatic nitrogens is 2. The molecule has 0 atom stereocenters. The van der Waals surface area contributed by atoms with Crippen molar-refractivity contribution in [2.75, 3.05) is 11.5 Å². The Morgan fingerprint density at radius 1 is 1.60 bits per heavy atom. The van der Waals surface area contributed by atoms with Gasteiger partial charge in [-0.25, -0.2) is 0 Å². The number of carbonyl (C=O) groups is 1. The van der Waals surface area contributed by atoms with E-state index in [1.165, 1.54) is 0 Å². The Labute approximate surface area is 99.2 Å². The number of halogens is 1. The molecule has 15 heavy (non-hydrogen) atoms. The zero-order chi connectivity index (χ0) is 11.4. The van der Waals surface area contributed by atoms with Crippen LogP contribution in [-0.4, -0.2) is 27.1 Å². The number of Topliss-reactive ketones (excluding diaryl/α,β-unsaturated/α-hetero) is 1. The molecule has 0 aliphatic heterocycles. The lowest BCUT2D eigenvalue weighted by atomic mass is 10.2. The zero-order valence-corrected chi connectivity index (χ0v) is 10.8. The Morgan fingerprint density at radius 3 is 2.73 bits per heavy atom. The molecule has 0 spiro atoms. The predicted molar refractivity (Wildman–Crippen MR) is 64.7 cm³/mol. The minimum Gasteiger partial charge on any atom is -0.298 e. The normalized spacial score (nSPS) is 10.7. The third-order valence-electron chi connectivity index (χ3n) is 2.09. The molecule has 1 aromatic heterocycles. The van der Waals surface area contributed by atoms with Crippen LogP contribution in [0.15, 0.2) is 0 Å². The third kappa shape index (κ3) is 3.24. The largest absolute Gasteiger partial charge is 0.298 e. The van der Waals surface area contributed by atoms with Gasteiger partial charge in [0.15, 0.2) is 0 Å². The first-order valence-electron chi connectivity index (χ1n) is 4.83. The molecule has 0 aliphatic rings. The van der Waals surface area contributed by atoms with Crippen molar-refractivity contribution in [2.24, 2.45) is 7.05 Å². The topological polar surface area (TPSA) is 34.9 Å². The van der Waals surface area contributed by atoms with Crippen molar-refractivity contribution in [1.82, 2.24) is 9.78 Å². The van der Waals surface area contributed by atoms with Crippen molar-refractivity contribution in [1.29, 1.82) is 0 Å². The van der Waals surface area contributed by atoms with Crippen molar-refractivity contribution in [2.45, 2.75) is 20.3 Å². The molecule has 0 bridgehead atoms. The second-order valence-corrected chi connectivity index (χ2v) is 4.97. The molecule has 0 aliphatic carbocycles. The van der Waals surface area contributed by atoms with Gasteiger partial charge in [0.1, 0.15) is 5.78 Å². The molecule has 1 aromatic rings. The van der Waals surface area contributed by atoms with Crippen molar-refractivity contribution < 1.29 is 4.79 Å². The van der Waals surface area contributed by atoms with Gasteiger partial charge in [-0.1, -0.05) is 18.5 Å². The summed E-state index contributed by atoms with van der Waals surface area (Å²) in [6.07, 6.45) is 0.378. The summed E-state index contributed by atoms with van der Waals surface area (Å²) in [5.74, 6) is 1.72. The SMILES string of the molecule is CCSCC(=O)Cc1c(Cl)c(C)nn1C. The van der Waals surface area contributed by atoms with Gasteiger partial charge in [-0.05, 0) is 12.7 Å². The molecule has 0 fully saturated rings. The minimum atomic E-state index is 0.201. The summed E-state index contributed by atoms with van der Waals surface area (Å²) in [5.41, 5.74) is 1.60. The summed E-state index contributed by atoms with van der Waals surface area (Å²) in [4.78, 5) is 11.6. The standard InChI is InChI=1S/C10H15ClN2OS/c1-4-15-6-8(14)5-9-10(11)7(2)12-13(9)3/h4-6H2,1-3H3. The third-order valence-corrected chi connectivity index (χ3v) is 3.52.